The van der Waals surface area contributed by atoms with Crippen LogP contribution in [0.2, 0.25) is 0 Å². The summed E-state index contributed by atoms with van der Waals surface area (Å²) >= 11 is 0. The van der Waals surface area contributed by atoms with Gasteiger partial charge in [0.25, 0.3) is 0 Å². The van der Waals surface area contributed by atoms with Crippen molar-refractivity contribution < 1.29 is 13.6 Å². The van der Waals surface area contributed by atoms with Crippen molar-refractivity contribution in [1.29, 1.82) is 0 Å². The maximum atomic E-state index is 13.7. The maximum Gasteiger partial charge on any atom is 0.221 e. The number of piperidine rings is 1. The predicted octanol–water partition coefficient (Wildman–Crippen LogP) is 2.95. The number of carbonyl (C=O) groups excluding carboxylic acids is 1. The molecule has 2 aromatic rings. The third kappa shape index (κ3) is 5.34. The van der Waals surface area contributed by atoms with E-state index in [4.69, 9.17) is 5.73 Å². The molecule has 2 aromatic carbocycles. The Morgan fingerprint density at radius 2 is 1.93 bits per heavy atom. The van der Waals surface area contributed by atoms with E-state index in [0.29, 0.717) is 18.7 Å². The van der Waals surface area contributed by atoms with E-state index >= 15 is 0 Å². The highest BCUT2D eigenvalue weighted by Gasteiger charge is 2.23. The van der Waals surface area contributed by atoms with E-state index in [-0.39, 0.29) is 18.4 Å². The Kier molecular flexibility index (Phi) is 6.53. The number of benzene rings is 2. The van der Waals surface area contributed by atoms with Gasteiger partial charge in [0.15, 0.2) is 11.6 Å². The molecule has 1 aliphatic heterocycles. The quantitative estimate of drug-likeness (QED) is 0.785. The fraction of sp³-hybridized carbons (Fsp3) is 0.381. The molecule has 0 bridgehead atoms. The highest BCUT2D eigenvalue weighted by Crippen LogP contribution is 2.19. The van der Waals surface area contributed by atoms with Crippen LogP contribution in [0.5, 0.6) is 0 Å². The fourth-order valence-corrected chi connectivity index (χ4v) is 3.55. The summed E-state index contributed by atoms with van der Waals surface area (Å²) in [6, 6.07) is 12.4. The minimum atomic E-state index is -0.827. The van der Waals surface area contributed by atoms with Crippen LogP contribution in [0.25, 0.3) is 0 Å². The Morgan fingerprint density at radius 1 is 1.15 bits per heavy atom. The second-order valence-corrected chi connectivity index (χ2v) is 7.11. The molecule has 144 valence electrons. The minimum absolute atomic E-state index is 0.0650. The molecular weight excluding hydrogens is 348 g/mol. The molecule has 1 saturated heterocycles. The second kappa shape index (κ2) is 9.06. The van der Waals surface area contributed by atoms with E-state index in [1.54, 1.807) is 6.07 Å². The topological polar surface area (TPSA) is 58.4 Å². The van der Waals surface area contributed by atoms with Gasteiger partial charge in [-0.1, -0.05) is 36.4 Å². The lowest BCUT2D eigenvalue weighted by atomic mass is 9.97. The predicted molar refractivity (Wildman–Crippen MR) is 101 cm³/mol. The van der Waals surface area contributed by atoms with Crippen LogP contribution in [-0.4, -0.2) is 23.9 Å². The molecule has 3 rings (SSSR count). The standard InChI is InChI=1S/C21H25F2N3O/c22-19-8-2-6-17(20(19)23)12-25-11-15-4-1-5-16(10-15)13-26-9-3-7-18(14-26)21(24)27/h1-2,4-6,8,10,18,25H,3,7,9,11-14H2,(H2,24,27)/t18-/m1/s1. The van der Waals surface area contributed by atoms with Crippen LogP contribution >= 0.6 is 0 Å². The summed E-state index contributed by atoms with van der Waals surface area (Å²) < 4.78 is 26.9. The molecular formula is C21H25F2N3O. The summed E-state index contributed by atoms with van der Waals surface area (Å²) in [5.74, 6) is -1.91. The van der Waals surface area contributed by atoms with Gasteiger partial charge in [-0.25, -0.2) is 8.78 Å². The van der Waals surface area contributed by atoms with Gasteiger partial charge in [-0.3, -0.25) is 9.69 Å². The first-order valence-electron chi connectivity index (χ1n) is 9.26. The van der Waals surface area contributed by atoms with E-state index in [2.05, 4.69) is 22.3 Å². The highest BCUT2D eigenvalue weighted by molar-refractivity contribution is 5.76. The lowest BCUT2D eigenvalue weighted by molar-refractivity contribution is -0.123. The Bertz CT molecular complexity index is 797. The average Bonchev–Trinajstić information content (AvgIpc) is 2.66. The number of carbonyl (C=O) groups is 1. The SMILES string of the molecule is NC(=O)[C@@H]1CCCN(Cc2cccc(CNCc3cccc(F)c3F)c2)C1. The monoisotopic (exact) mass is 373 g/mol. The molecule has 4 nitrogen and oxygen atoms in total. The molecule has 0 aromatic heterocycles. The molecule has 0 saturated carbocycles. The summed E-state index contributed by atoms with van der Waals surface area (Å²) in [6.45, 7) is 3.27. The fourth-order valence-electron chi connectivity index (χ4n) is 3.55. The van der Waals surface area contributed by atoms with Gasteiger partial charge in [0.2, 0.25) is 5.91 Å². The van der Waals surface area contributed by atoms with Crippen LogP contribution in [0.1, 0.15) is 29.5 Å². The number of halogens is 2. The molecule has 6 heteroatoms. The lowest BCUT2D eigenvalue weighted by Crippen LogP contribution is -2.40. The van der Waals surface area contributed by atoms with Crippen LogP contribution < -0.4 is 11.1 Å². The Balaban J connectivity index is 1.54. The molecule has 1 amide bonds. The number of likely N-dealkylation sites (tertiary alicyclic amines) is 1. The van der Waals surface area contributed by atoms with Gasteiger partial charge in [0.1, 0.15) is 0 Å². The van der Waals surface area contributed by atoms with Gasteiger partial charge < -0.3 is 11.1 Å². The van der Waals surface area contributed by atoms with Crippen molar-refractivity contribution in [2.24, 2.45) is 11.7 Å². The number of rotatable bonds is 7. The normalized spacial score (nSPS) is 17.8. The van der Waals surface area contributed by atoms with Crippen molar-refractivity contribution in [3.63, 3.8) is 0 Å². The summed E-state index contributed by atoms with van der Waals surface area (Å²) in [5, 5.41) is 3.16. The van der Waals surface area contributed by atoms with Crippen molar-refractivity contribution in [3.05, 3.63) is 70.8 Å². The van der Waals surface area contributed by atoms with Crippen molar-refractivity contribution >= 4 is 5.91 Å². The molecule has 0 radical (unpaired) electrons. The van der Waals surface area contributed by atoms with Crippen molar-refractivity contribution in [1.82, 2.24) is 10.2 Å². The highest BCUT2D eigenvalue weighted by atomic mass is 19.2. The molecule has 0 unspecified atom stereocenters. The number of nitrogens with zero attached hydrogens (tertiary/aromatic N) is 1. The van der Waals surface area contributed by atoms with E-state index in [0.717, 1.165) is 43.1 Å². The van der Waals surface area contributed by atoms with Crippen LogP contribution in [0.3, 0.4) is 0 Å². The first kappa shape index (κ1) is 19.5. The van der Waals surface area contributed by atoms with Crippen molar-refractivity contribution in [2.75, 3.05) is 13.1 Å². The van der Waals surface area contributed by atoms with E-state index < -0.39 is 11.6 Å². The number of hydrogen-bond donors (Lipinski definition) is 2. The zero-order valence-electron chi connectivity index (χ0n) is 15.3. The van der Waals surface area contributed by atoms with E-state index in [1.807, 2.05) is 12.1 Å². The number of nitrogens with one attached hydrogen (secondary N) is 1. The summed E-state index contributed by atoms with van der Waals surface area (Å²) in [4.78, 5) is 13.7. The van der Waals surface area contributed by atoms with Crippen LogP contribution in [0, 0.1) is 17.6 Å². The molecule has 1 heterocycles. The van der Waals surface area contributed by atoms with E-state index in [9.17, 15) is 13.6 Å². The minimum Gasteiger partial charge on any atom is -0.369 e. The Labute approximate surface area is 158 Å². The average molecular weight is 373 g/mol. The molecule has 3 N–H and O–H groups in total. The van der Waals surface area contributed by atoms with Crippen molar-refractivity contribution in [3.8, 4) is 0 Å². The van der Waals surface area contributed by atoms with E-state index in [1.165, 1.54) is 6.07 Å². The summed E-state index contributed by atoms with van der Waals surface area (Å²) in [7, 11) is 0. The maximum absolute atomic E-state index is 13.7. The second-order valence-electron chi connectivity index (χ2n) is 7.11. The molecule has 1 atom stereocenters. The zero-order chi connectivity index (χ0) is 19.2. The summed E-state index contributed by atoms with van der Waals surface area (Å²) in [5.41, 5.74) is 8.00. The Hall–Kier alpha value is -2.31. The largest absolute Gasteiger partial charge is 0.369 e. The molecule has 1 fully saturated rings. The van der Waals surface area contributed by atoms with Crippen molar-refractivity contribution in [2.45, 2.75) is 32.5 Å². The van der Waals surface area contributed by atoms with Gasteiger partial charge in [0, 0.05) is 31.7 Å². The number of primary amides is 1. The van der Waals surface area contributed by atoms with Gasteiger partial charge in [-0.15, -0.1) is 0 Å². The third-order valence-corrected chi connectivity index (χ3v) is 4.98. The lowest BCUT2D eigenvalue weighted by Gasteiger charge is -2.31. The summed E-state index contributed by atoms with van der Waals surface area (Å²) in [6.07, 6.45) is 1.85. The number of nitrogens with two attached hydrogens (primary N) is 1. The van der Waals surface area contributed by atoms with Gasteiger partial charge in [-0.2, -0.15) is 0 Å². The third-order valence-electron chi connectivity index (χ3n) is 4.98. The van der Waals surface area contributed by atoms with Crippen LogP contribution in [0.15, 0.2) is 42.5 Å². The number of hydrogen-bond acceptors (Lipinski definition) is 3. The number of amides is 1. The molecule has 0 aliphatic carbocycles. The molecule has 0 spiro atoms. The van der Waals surface area contributed by atoms with Gasteiger partial charge in [-0.05, 0) is 36.6 Å². The molecule has 1 aliphatic rings. The first-order valence-corrected chi connectivity index (χ1v) is 9.26. The Morgan fingerprint density at radius 3 is 2.74 bits per heavy atom. The van der Waals surface area contributed by atoms with Gasteiger partial charge in [0.05, 0.1) is 5.92 Å². The first-order chi connectivity index (χ1) is 13.0. The molecule has 27 heavy (non-hydrogen) atoms. The smallest absolute Gasteiger partial charge is 0.221 e. The van der Waals surface area contributed by atoms with Crippen LogP contribution in [-0.2, 0) is 24.4 Å². The van der Waals surface area contributed by atoms with Gasteiger partial charge >= 0.3 is 0 Å². The van der Waals surface area contributed by atoms with Crippen LogP contribution in [0.4, 0.5) is 8.78 Å². The zero-order valence-corrected chi connectivity index (χ0v) is 15.3.